The zero-order valence-electron chi connectivity index (χ0n) is 7.40. The van der Waals surface area contributed by atoms with Crippen LogP contribution in [-0.2, 0) is 9.47 Å². The third-order valence-corrected chi connectivity index (χ3v) is 2.78. The molecule has 3 heteroatoms. The lowest BCUT2D eigenvalue weighted by Gasteiger charge is -2.12. The molecular formula is C9H16O3. The van der Waals surface area contributed by atoms with Gasteiger partial charge in [-0.05, 0) is 25.7 Å². The average molecular weight is 172 g/mol. The summed E-state index contributed by atoms with van der Waals surface area (Å²) < 4.78 is 11.0. The largest absolute Gasteiger partial charge is 0.393 e. The van der Waals surface area contributed by atoms with Crippen molar-refractivity contribution < 1.29 is 14.6 Å². The van der Waals surface area contributed by atoms with E-state index in [1.54, 1.807) is 0 Å². The number of rotatable bonds is 2. The van der Waals surface area contributed by atoms with Crippen LogP contribution in [0.5, 0.6) is 0 Å². The van der Waals surface area contributed by atoms with E-state index in [0.717, 1.165) is 19.3 Å². The number of fused-ring (bicyclic) bond motifs is 1. The molecule has 1 N–H and O–H groups in total. The van der Waals surface area contributed by atoms with Crippen molar-refractivity contribution in [3.05, 3.63) is 0 Å². The van der Waals surface area contributed by atoms with E-state index >= 15 is 0 Å². The molecule has 1 saturated heterocycles. The first kappa shape index (κ1) is 8.48. The van der Waals surface area contributed by atoms with Crippen LogP contribution >= 0.6 is 0 Å². The normalized spacial score (nSPS) is 46.5. The van der Waals surface area contributed by atoms with Crippen LogP contribution in [0.3, 0.4) is 0 Å². The van der Waals surface area contributed by atoms with Gasteiger partial charge in [-0.3, -0.25) is 0 Å². The van der Waals surface area contributed by atoms with Crippen LogP contribution < -0.4 is 0 Å². The van der Waals surface area contributed by atoms with Crippen LogP contribution in [0.4, 0.5) is 0 Å². The van der Waals surface area contributed by atoms with E-state index in [1.165, 1.54) is 0 Å². The Labute approximate surface area is 72.7 Å². The van der Waals surface area contributed by atoms with Gasteiger partial charge in [-0.25, -0.2) is 0 Å². The van der Waals surface area contributed by atoms with Crippen molar-refractivity contribution in [2.24, 2.45) is 5.92 Å². The summed E-state index contributed by atoms with van der Waals surface area (Å²) in [6.07, 6.45) is 2.79. The minimum absolute atomic E-state index is 0.00231. The van der Waals surface area contributed by atoms with Gasteiger partial charge in [-0.1, -0.05) is 0 Å². The summed E-state index contributed by atoms with van der Waals surface area (Å²) in [6, 6.07) is 0. The van der Waals surface area contributed by atoms with Crippen molar-refractivity contribution in [1.82, 2.24) is 0 Å². The predicted octanol–water partition coefficient (Wildman–Crippen LogP) is 0.909. The summed E-state index contributed by atoms with van der Waals surface area (Å²) in [4.78, 5) is 0. The van der Waals surface area contributed by atoms with Gasteiger partial charge in [0.15, 0.2) is 6.29 Å². The number of hydrogen-bond donors (Lipinski definition) is 1. The SMILES string of the molecule is CCOC1CC2CC(O)CC2O1. The van der Waals surface area contributed by atoms with Crippen molar-refractivity contribution in [3.63, 3.8) is 0 Å². The average Bonchev–Trinajstić information content (AvgIpc) is 2.44. The highest BCUT2D eigenvalue weighted by atomic mass is 16.7. The van der Waals surface area contributed by atoms with Crippen LogP contribution in [0.1, 0.15) is 26.2 Å². The van der Waals surface area contributed by atoms with E-state index in [9.17, 15) is 5.11 Å². The second-order valence-corrected chi connectivity index (χ2v) is 3.68. The zero-order chi connectivity index (χ0) is 8.55. The Hall–Kier alpha value is -0.120. The van der Waals surface area contributed by atoms with Gasteiger partial charge in [0.05, 0.1) is 12.2 Å². The fourth-order valence-electron chi connectivity index (χ4n) is 2.26. The Bertz CT molecular complexity index is 146. The van der Waals surface area contributed by atoms with Gasteiger partial charge in [0.1, 0.15) is 0 Å². The molecular weight excluding hydrogens is 156 g/mol. The monoisotopic (exact) mass is 172 g/mol. The molecule has 0 bridgehead atoms. The molecule has 0 aromatic carbocycles. The zero-order valence-corrected chi connectivity index (χ0v) is 7.40. The topological polar surface area (TPSA) is 38.7 Å². The molecule has 0 aromatic heterocycles. The van der Waals surface area contributed by atoms with Gasteiger partial charge in [-0.2, -0.15) is 0 Å². The Morgan fingerprint density at radius 2 is 2.25 bits per heavy atom. The fourth-order valence-corrected chi connectivity index (χ4v) is 2.26. The number of hydrogen-bond acceptors (Lipinski definition) is 3. The van der Waals surface area contributed by atoms with Gasteiger partial charge in [0.2, 0.25) is 0 Å². The number of ether oxygens (including phenoxy) is 2. The van der Waals surface area contributed by atoms with Crippen LogP contribution in [0, 0.1) is 5.92 Å². The molecule has 0 spiro atoms. The van der Waals surface area contributed by atoms with Crippen LogP contribution in [0.2, 0.25) is 0 Å². The van der Waals surface area contributed by atoms with Gasteiger partial charge in [0, 0.05) is 13.0 Å². The Balaban J connectivity index is 1.85. The molecule has 70 valence electrons. The maximum atomic E-state index is 9.33. The Kier molecular flexibility index (Phi) is 2.35. The third kappa shape index (κ3) is 1.49. The first-order chi connectivity index (χ1) is 5.79. The van der Waals surface area contributed by atoms with E-state index in [1.807, 2.05) is 6.92 Å². The predicted molar refractivity (Wildman–Crippen MR) is 43.6 cm³/mol. The van der Waals surface area contributed by atoms with Gasteiger partial charge < -0.3 is 14.6 Å². The maximum Gasteiger partial charge on any atom is 0.158 e. The van der Waals surface area contributed by atoms with E-state index in [-0.39, 0.29) is 18.5 Å². The molecule has 12 heavy (non-hydrogen) atoms. The number of aliphatic hydroxyl groups excluding tert-OH is 1. The lowest BCUT2D eigenvalue weighted by molar-refractivity contribution is -0.133. The molecule has 0 radical (unpaired) electrons. The van der Waals surface area contributed by atoms with Crippen molar-refractivity contribution in [3.8, 4) is 0 Å². The second kappa shape index (κ2) is 3.32. The Morgan fingerprint density at radius 1 is 1.42 bits per heavy atom. The molecule has 0 aromatic rings. The highest BCUT2D eigenvalue weighted by Gasteiger charge is 2.42. The molecule has 1 aliphatic heterocycles. The molecule has 1 saturated carbocycles. The highest BCUT2D eigenvalue weighted by molar-refractivity contribution is 4.89. The lowest BCUT2D eigenvalue weighted by Crippen LogP contribution is -2.15. The first-order valence-corrected chi connectivity index (χ1v) is 4.74. The molecule has 2 fully saturated rings. The summed E-state index contributed by atoms with van der Waals surface area (Å²) in [5.74, 6) is 0.538. The van der Waals surface area contributed by atoms with E-state index in [2.05, 4.69) is 0 Å². The van der Waals surface area contributed by atoms with Crippen molar-refractivity contribution in [2.75, 3.05) is 6.61 Å². The van der Waals surface area contributed by atoms with E-state index in [0.29, 0.717) is 12.5 Å². The fraction of sp³-hybridized carbons (Fsp3) is 1.00. The standard InChI is InChI=1S/C9H16O3/c1-2-11-9-4-6-3-7(10)5-8(6)12-9/h6-10H,2-5H2,1H3. The molecule has 1 aliphatic carbocycles. The van der Waals surface area contributed by atoms with Gasteiger partial charge in [-0.15, -0.1) is 0 Å². The van der Waals surface area contributed by atoms with Gasteiger partial charge >= 0.3 is 0 Å². The summed E-state index contributed by atoms with van der Waals surface area (Å²) in [5.41, 5.74) is 0. The molecule has 2 aliphatic rings. The molecule has 0 amide bonds. The highest BCUT2D eigenvalue weighted by Crippen LogP contribution is 2.39. The summed E-state index contributed by atoms with van der Waals surface area (Å²) >= 11 is 0. The van der Waals surface area contributed by atoms with Crippen LogP contribution in [0.25, 0.3) is 0 Å². The number of aliphatic hydroxyl groups is 1. The Morgan fingerprint density at radius 3 is 2.92 bits per heavy atom. The van der Waals surface area contributed by atoms with Crippen molar-refractivity contribution >= 4 is 0 Å². The third-order valence-electron chi connectivity index (χ3n) is 2.78. The van der Waals surface area contributed by atoms with Crippen molar-refractivity contribution in [2.45, 2.75) is 44.7 Å². The minimum atomic E-state index is -0.137. The van der Waals surface area contributed by atoms with E-state index < -0.39 is 0 Å². The summed E-state index contributed by atoms with van der Waals surface area (Å²) in [7, 11) is 0. The quantitative estimate of drug-likeness (QED) is 0.672. The second-order valence-electron chi connectivity index (χ2n) is 3.68. The lowest BCUT2D eigenvalue weighted by atomic mass is 10.0. The molecule has 2 rings (SSSR count). The summed E-state index contributed by atoms with van der Waals surface area (Å²) in [6.45, 7) is 2.69. The van der Waals surface area contributed by atoms with E-state index in [4.69, 9.17) is 9.47 Å². The first-order valence-electron chi connectivity index (χ1n) is 4.74. The summed E-state index contributed by atoms with van der Waals surface area (Å²) in [5, 5.41) is 9.33. The molecule has 1 heterocycles. The maximum absolute atomic E-state index is 9.33. The van der Waals surface area contributed by atoms with Gasteiger partial charge in [0.25, 0.3) is 0 Å². The van der Waals surface area contributed by atoms with Crippen LogP contribution in [-0.4, -0.2) is 30.2 Å². The minimum Gasteiger partial charge on any atom is -0.393 e. The van der Waals surface area contributed by atoms with Crippen LogP contribution in [0.15, 0.2) is 0 Å². The molecule has 3 nitrogen and oxygen atoms in total. The molecule has 4 atom stereocenters. The van der Waals surface area contributed by atoms with Crippen molar-refractivity contribution in [1.29, 1.82) is 0 Å². The smallest absolute Gasteiger partial charge is 0.158 e. The molecule has 4 unspecified atom stereocenters.